The highest BCUT2D eigenvalue weighted by Crippen LogP contribution is 2.41. The third kappa shape index (κ3) is 3.25. The molecular weight excluding hydrogens is 282 g/mol. The molecule has 2 rings (SSSR count). The Hall–Kier alpha value is -1.85. The number of hydrogen-bond donors (Lipinski definition) is 1. The standard InChI is InChI=1S/C15H18F2O4/c1-14(2,13(18)19)8-9-6-11-12(21-5-4-20-11)7-10(9)15(3,16)17/h6-7H,4-5,8H2,1-3H3,(H,18,19). The minimum absolute atomic E-state index is 0.0161. The summed E-state index contributed by atoms with van der Waals surface area (Å²) >= 11 is 0. The first kappa shape index (κ1) is 15.5. The van der Waals surface area contributed by atoms with E-state index in [1.807, 2.05) is 0 Å². The van der Waals surface area contributed by atoms with Crippen molar-refractivity contribution in [2.75, 3.05) is 13.2 Å². The van der Waals surface area contributed by atoms with Crippen LogP contribution in [-0.2, 0) is 17.1 Å². The summed E-state index contributed by atoms with van der Waals surface area (Å²) in [5, 5.41) is 9.19. The van der Waals surface area contributed by atoms with E-state index in [-0.39, 0.29) is 23.3 Å². The molecule has 1 heterocycles. The number of hydrogen-bond acceptors (Lipinski definition) is 3. The Morgan fingerprint density at radius 2 is 1.71 bits per heavy atom. The van der Waals surface area contributed by atoms with Gasteiger partial charge in [0.05, 0.1) is 5.41 Å². The van der Waals surface area contributed by atoms with Crippen LogP contribution in [0.3, 0.4) is 0 Å². The van der Waals surface area contributed by atoms with Crippen LogP contribution in [0, 0.1) is 5.41 Å². The second-order valence-electron chi connectivity index (χ2n) is 5.91. The van der Waals surface area contributed by atoms with Crippen LogP contribution in [0.25, 0.3) is 0 Å². The van der Waals surface area contributed by atoms with Crippen molar-refractivity contribution in [3.63, 3.8) is 0 Å². The molecule has 0 saturated carbocycles. The molecule has 1 aromatic carbocycles. The van der Waals surface area contributed by atoms with Gasteiger partial charge in [-0.25, -0.2) is 8.78 Å². The maximum atomic E-state index is 13.8. The SMILES string of the molecule is CC(C)(Cc1cc2c(cc1C(C)(F)F)OCCO2)C(=O)O. The average Bonchev–Trinajstić information content (AvgIpc) is 2.36. The van der Waals surface area contributed by atoms with Crippen LogP contribution in [0.2, 0.25) is 0 Å². The van der Waals surface area contributed by atoms with Gasteiger partial charge in [0.25, 0.3) is 5.92 Å². The molecule has 4 nitrogen and oxygen atoms in total. The normalized spacial score (nSPS) is 14.9. The van der Waals surface area contributed by atoms with Crippen molar-refractivity contribution in [1.29, 1.82) is 0 Å². The summed E-state index contributed by atoms with van der Waals surface area (Å²) in [7, 11) is 0. The smallest absolute Gasteiger partial charge is 0.309 e. The van der Waals surface area contributed by atoms with E-state index in [9.17, 15) is 18.7 Å². The molecule has 0 saturated heterocycles. The van der Waals surface area contributed by atoms with Gasteiger partial charge in [-0.05, 0) is 38.0 Å². The predicted octanol–water partition coefficient (Wildman–Crippen LogP) is 3.22. The molecule has 1 aromatic rings. The maximum absolute atomic E-state index is 13.8. The molecule has 0 spiro atoms. The highest BCUT2D eigenvalue weighted by molar-refractivity contribution is 5.74. The molecule has 21 heavy (non-hydrogen) atoms. The Labute approximate surface area is 121 Å². The number of aliphatic carboxylic acids is 1. The van der Waals surface area contributed by atoms with Crippen molar-refractivity contribution in [2.24, 2.45) is 5.41 Å². The Balaban J connectivity index is 2.50. The van der Waals surface area contributed by atoms with Gasteiger partial charge in [-0.2, -0.15) is 0 Å². The topological polar surface area (TPSA) is 55.8 Å². The van der Waals surface area contributed by atoms with Gasteiger partial charge in [-0.15, -0.1) is 0 Å². The monoisotopic (exact) mass is 300 g/mol. The Morgan fingerprint density at radius 3 is 2.19 bits per heavy atom. The third-order valence-electron chi connectivity index (χ3n) is 3.45. The summed E-state index contributed by atoms with van der Waals surface area (Å²) in [4.78, 5) is 11.2. The summed E-state index contributed by atoms with van der Waals surface area (Å²) in [6.45, 7) is 4.45. The number of halogens is 2. The Kier molecular flexibility index (Phi) is 3.82. The van der Waals surface area contributed by atoms with E-state index >= 15 is 0 Å². The van der Waals surface area contributed by atoms with Crippen LogP contribution in [0.5, 0.6) is 11.5 Å². The molecule has 1 N–H and O–H groups in total. The fourth-order valence-electron chi connectivity index (χ4n) is 2.24. The van der Waals surface area contributed by atoms with Gasteiger partial charge in [0.15, 0.2) is 11.5 Å². The van der Waals surface area contributed by atoms with Gasteiger partial charge in [0.2, 0.25) is 0 Å². The molecule has 116 valence electrons. The van der Waals surface area contributed by atoms with Crippen molar-refractivity contribution in [1.82, 2.24) is 0 Å². The van der Waals surface area contributed by atoms with Gasteiger partial charge in [0, 0.05) is 12.5 Å². The minimum Gasteiger partial charge on any atom is -0.486 e. The molecule has 0 aromatic heterocycles. The molecule has 6 heteroatoms. The van der Waals surface area contributed by atoms with Gasteiger partial charge in [-0.3, -0.25) is 4.79 Å². The predicted molar refractivity (Wildman–Crippen MR) is 72.1 cm³/mol. The lowest BCUT2D eigenvalue weighted by atomic mass is 9.83. The highest BCUT2D eigenvalue weighted by Gasteiger charge is 2.35. The van der Waals surface area contributed by atoms with E-state index in [0.717, 1.165) is 6.92 Å². The molecular formula is C15H18F2O4. The third-order valence-corrected chi connectivity index (χ3v) is 3.45. The quantitative estimate of drug-likeness (QED) is 0.927. The molecule has 1 aliphatic heterocycles. The summed E-state index contributed by atoms with van der Waals surface area (Å²) in [6.07, 6.45) is -0.0161. The van der Waals surface area contributed by atoms with Gasteiger partial charge >= 0.3 is 5.97 Å². The number of carboxylic acids is 1. The van der Waals surface area contributed by atoms with E-state index < -0.39 is 17.3 Å². The molecule has 0 unspecified atom stereocenters. The van der Waals surface area contributed by atoms with E-state index in [0.29, 0.717) is 19.0 Å². The van der Waals surface area contributed by atoms with Crippen LogP contribution in [0.1, 0.15) is 31.9 Å². The second-order valence-corrected chi connectivity index (χ2v) is 5.91. The van der Waals surface area contributed by atoms with E-state index in [1.54, 1.807) is 0 Å². The zero-order chi connectivity index (χ0) is 15.8. The van der Waals surface area contributed by atoms with E-state index in [2.05, 4.69) is 0 Å². The summed E-state index contributed by atoms with van der Waals surface area (Å²) in [5.41, 5.74) is -1.11. The zero-order valence-corrected chi connectivity index (χ0v) is 12.2. The van der Waals surface area contributed by atoms with E-state index in [4.69, 9.17) is 9.47 Å². The summed E-state index contributed by atoms with van der Waals surface area (Å²) in [6, 6.07) is 2.72. The Morgan fingerprint density at radius 1 is 1.19 bits per heavy atom. The summed E-state index contributed by atoms with van der Waals surface area (Å²) in [5.74, 6) is -3.47. The minimum atomic E-state index is -3.08. The van der Waals surface area contributed by atoms with Crippen molar-refractivity contribution < 1.29 is 28.2 Å². The maximum Gasteiger partial charge on any atom is 0.309 e. The second kappa shape index (κ2) is 5.16. The van der Waals surface area contributed by atoms with Gasteiger partial charge in [0.1, 0.15) is 13.2 Å². The number of fused-ring (bicyclic) bond motifs is 1. The first-order valence-electron chi connectivity index (χ1n) is 6.65. The lowest BCUT2D eigenvalue weighted by Gasteiger charge is -2.26. The first-order valence-corrected chi connectivity index (χ1v) is 6.65. The fraction of sp³-hybridized carbons (Fsp3) is 0.533. The molecule has 0 bridgehead atoms. The van der Waals surface area contributed by atoms with Crippen LogP contribution in [0.4, 0.5) is 8.78 Å². The fourth-order valence-corrected chi connectivity index (χ4v) is 2.24. The molecule has 1 aliphatic rings. The van der Waals surface area contributed by atoms with Crippen molar-refractivity contribution in [3.05, 3.63) is 23.3 Å². The van der Waals surface area contributed by atoms with Crippen molar-refractivity contribution in [3.8, 4) is 11.5 Å². The van der Waals surface area contributed by atoms with Crippen molar-refractivity contribution in [2.45, 2.75) is 33.1 Å². The van der Waals surface area contributed by atoms with Crippen LogP contribution >= 0.6 is 0 Å². The van der Waals surface area contributed by atoms with E-state index in [1.165, 1.54) is 26.0 Å². The number of carboxylic acid groups (broad SMARTS) is 1. The molecule has 0 radical (unpaired) electrons. The lowest BCUT2D eigenvalue weighted by molar-refractivity contribution is -0.146. The number of benzene rings is 1. The highest BCUT2D eigenvalue weighted by atomic mass is 19.3. The molecule has 0 atom stereocenters. The number of rotatable bonds is 4. The van der Waals surface area contributed by atoms with Crippen LogP contribution in [0.15, 0.2) is 12.1 Å². The van der Waals surface area contributed by atoms with Crippen LogP contribution < -0.4 is 9.47 Å². The van der Waals surface area contributed by atoms with Crippen molar-refractivity contribution >= 4 is 5.97 Å². The Bertz CT molecular complexity index is 562. The number of ether oxygens (including phenoxy) is 2. The summed E-state index contributed by atoms with van der Waals surface area (Å²) < 4.78 is 38.3. The molecule has 0 aliphatic carbocycles. The first-order chi connectivity index (χ1) is 9.61. The number of carbonyl (C=O) groups is 1. The lowest BCUT2D eigenvalue weighted by Crippen LogP contribution is -2.28. The largest absolute Gasteiger partial charge is 0.486 e. The van der Waals surface area contributed by atoms with Gasteiger partial charge in [-0.1, -0.05) is 0 Å². The average molecular weight is 300 g/mol. The number of alkyl halides is 2. The molecule has 0 fully saturated rings. The zero-order valence-electron chi connectivity index (χ0n) is 12.2. The molecule has 0 amide bonds. The van der Waals surface area contributed by atoms with Crippen LogP contribution in [-0.4, -0.2) is 24.3 Å². The van der Waals surface area contributed by atoms with Gasteiger partial charge < -0.3 is 14.6 Å².